The van der Waals surface area contributed by atoms with Gasteiger partial charge in [0.25, 0.3) is 5.91 Å². The molecule has 4 nitrogen and oxygen atoms in total. The lowest BCUT2D eigenvalue weighted by Gasteiger charge is -2.36. The highest BCUT2D eigenvalue weighted by molar-refractivity contribution is 6.00. The maximum atomic E-state index is 13.8. The molecule has 154 valence electrons. The second kappa shape index (κ2) is 9.40. The van der Waals surface area contributed by atoms with E-state index in [9.17, 15) is 9.18 Å². The van der Waals surface area contributed by atoms with Gasteiger partial charge in [0.2, 0.25) is 0 Å². The highest BCUT2D eigenvalue weighted by Gasteiger charge is 2.29. The van der Waals surface area contributed by atoms with E-state index >= 15 is 0 Å². The molecule has 1 aliphatic carbocycles. The van der Waals surface area contributed by atoms with Gasteiger partial charge in [-0.05, 0) is 42.7 Å². The molecule has 2 aromatic rings. The van der Waals surface area contributed by atoms with Crippen LogP contribution in [0.25, 0.3) is 0 Å². The number of amides is 1. The van der Waals surface area contributed by atoms with Gasteiger partial charge in [-0.3, -0.25) is 4.79 Å². The summed E-state index contributed by atoms with van der Waals surface area (Å²) in [6.07, 6.45) is 5.62. The molecule has 2 aromatic carbocycles. The van der Waals surface area contributed by atoms with E-state index in [0.717, 1.165) is 55.6 Å². The van der Waals surface area contributed by atoms with Crippen molar-refractivity contribution in [2.24, 2.45) is 0 Å². The van der Waals surface area contributed by atoms with Crippen molar-refractivity contribution in [1.82, 2.24) is 4.90 Å². The first-order valence-electron chi connectivity index (χ1n) is 10.7. The van der Waals surface area contributed by atoms with Crippen LogP contribution in [0.1, 0.15) is 48.0 Å². The van der Waals surface area contributed by atoms with Gasteiger partial charge < -0.3 is 14.5 Å². The van der Waals surface area contributed by atoms with Crippen molar-refractivity contribution < 1.29 is 13.9 Å². The molecule has 5 heteroatoms. The van der Waals surface area contributed by atoms with E-state index in [1.165, 1.54) is 18.6 Å². The first-order valence-corrected chi connectivity index (χ1v) is 10.7. The second-order valence-electron chi connectivity index (χ2n) is 7.97. The van der Waals surface area contributed by atoms with Crippen molar-refractivity contribution in [2.75, 3.05) is 31.2 Å². The van der Waals surface area contributed by atoms with E-state index in [1.54, 1.807) is 12.1 Å². The molecule has 1 heterocycles. The van der Waals surface area contributed by atoms with E-state index in [-0.39, 0.29) is 17.8 Å². The van der Waals surface area contributed by atoms with Gasteiger partial charge in [0.15, 0.2) is 0 Å². The number of nitrogens with zero attached hydrogens (tertiary/aromatic N) is 2. The monoisotopic (exact) mass is 396 g/mol. The van der Waals surface area contributed by atoms with E-state index < -0.39 is 0 Å². The minimum Gasteiger partial charge on any atom is -0.378 e. The summed E-state index contributed by atoms with van der Waals surface area (Å²) in [5.41, 5.74) is 2.71. The topological polar surface area (TPSA) is 32.8 Å². The van der Waals surface area contributed by atoms with E-state index in [1.807, 2.05) is 29.2 Å². The minimum absolute atomic E-state index is 0.0725. The lowest BCUT2D eigenvalue weighted by atomic mass is 9.93. The van der Waals surface area contributed by atoms with Crippen LogP contribution < -0.4 is 4.90 Å². The number of carbonyl (C=O) groups is 1. The van der Waals surface area contributed by atoms with Crippen LogP contribution >= 0.6 is 0 Å². The fraction of sp³-hybridized carbons (Fsp3) is 0.458. The van der Waals surface area contributed by atoms with Gasteiger partial charge in [-0.25, -0.2) is 4.39 Å². The Labute approximate surface area is 172 Å². The van der Waals surface area contributed by atoms with Gasteiger partial charge in [0, 0.05) is 31.4 Å². The summed E-state index contributed by atoms with van der Waals surface area (Å²) in [6, 6.07) is 14.7. The van der Waals surface area contributed by atoms with Gasteiger partial charge in [0.05, 0.1) is 18.8 Å². The highest BCUT2D eigenvalue weighted by atomic mass is 19.1. The molecule has 0 aromatic heterocycles. The van der Waals surface area contributed by atoms with Crippen molar-refractivity contribution in [1.29, 1.82) is 0 Å². The highest BCUT2D eigenvalue weighted by Crippen LogP contribution is 2.29. The Morgan fingerprint density at radius 2 is 1.69 bits per heavy atom. The number of benzene rings is 2. The minimum atomic E-state index is -0.248. The fourth-order valence-electron chi connectivity index (χ4n) is 4.44. The number of hydrogen-bond donors (Lipinski definition) is 0. The molecule has 0 bridgehead atoms. The van der Waals surface area contributed by atoms with Crippen LogP contribution in [0, 0.1) is 5.82 Å². The van der Waals surface area contributed by atoms with Gasteiger partial charge >= 0.3 is 0 Å². The molecule has 0 N–H and O–H groups in total. The number of anilines is 1. The predicted molar refractivity (Wildman–Crippen MR) is 113 cm³/mol. The van der Waals surface area contributed by atoms with E-state index in [0.29, 0.717) is 19.8 Å². The van der Waals surface area contributed by atoms with Gasteiger partial charge in [-0.2, -0.15) is 0 Å². The summed E-state index contributed by atoms with van der Waals surface area (Å²) in [6.45, 7) is 3.48. The molecule has 29 heavy (non-hydrogen) atoms. The van der Waals surface area contributed by atoms with Crippen LogP contribution in [-0.2, 0) is 11.3 Å². The SMILES string of the molecule is O=C(c1ccccc1N1CCOCC1)N(Cc1ccc(F)cc1)C1CCCCC1. The van der Waals surface area contributed by atoms with Crippen LogP contribution in [0.15, 0.2) is 48.5 Å². The molecule has 2 aliphatic rings. The normalized spacial score (nSPS) is 17.9. The van der Waals surface area contributed by atoms with Crippen molar-refractivity contribution in [2.45, 2.75) is 44.7 Å². The summed E-state index contributed by atoms with van der Waals surface area (Å²) in [7, 11) is 0. The smallest absolute Gasteiger partial charge is 0.256 e. The largest absolute Gasteiger partial charge is 0.378 e. The lowest BCUT2D eigenvalue weighted by molar-refractivity contribution is 0.0614. The van der Waals surface area contributed by atoms with Gasteiger partial charge in [-0.15, -0.1) is 0 Å². The number of rotatable bonds is 5. The molecule has 2 fully saturated rings. The number of morpholine rings is 1. The van der Waals surface area contributed by atoms with Crippen molar-refractivity contribution in [3.63, 3.8) is 0 Å². The van der Waals surface area contributed by atoms with Crippen LogP contribution in [0.3, 0.4) is 0 Å². The first kappa shape index (κ1) is 19.9. The van der Waals surface area contributed by atoms with Crippen molar-refractivity contribution in [3.8, 4) is 0 Å². The maximum absolute atomic E-state index is 13.8. The van der Waals surface area contributed by atoms with Crippen molar-refractivity contribution >= 4 is 11.6 Å². The molecule has 0 spiro atoms. The number of ether oxygens (including phenoxy) is 1. The fourth-order valence-corrected chi connectivity index (χ4v) is 4.44. The molecule has 0 radical (unpaired) electrons. The molecule has 1 amide bonds. The molecular weight excluding hydrogens is 367 g/mol. The zero-order valence-electron chi connectivity index (χ0n) is 16.9. The standard InChI is InChI=1S/C24H29FN2O2/c25-20-12-10-19(11-13-20)18-27(21-6-2-1-3-7-21)24(28)22-8-4-5-9-23(22)26-14-16-29-17-15-26/h4-5,8-13,21H,1-3,6-7,14-18H2. The summed E-state index contributed by atoms with van der Waals surface area (Å²) in [5.74, 6) is -0.176. The number of carbonyl (C=O) groups excluding carboxylic acids is 1. The van der Waals surface area contributed by atoms with Gasteiger partial charge in [-0.1, -0.05) is 43.5 Å². The molecule has 1 aliphatic heterocycles. The molecule has 0 unspecified atom stereocenters. The second-order valence-corrected chi connectivity index (χ2v) is 7.97. The summed E-state index contributed by atoms with van der Waals surface area (Å²) in [5, 5.41) is 0. The lowest BCUT2D eigenvalue weighted by Crippen LogP contribution is -2.42. The predicted octanol–water partition coefficient (Wildman–Crippen LogP) is 4.64. The zero-order valence-corrected chi connectivity index (χ0v) is 16.9. The van der Waals surface area contributed by atoms with Crippen LogP contribution in [-0.4, -0.2) is 43.2 Å². The Kier molecular flexibility index (Phi) is 6.45. The average molecular weight is 397 g/mol. The third kappa shape index (κ3) is 4.78. The average Bonchev–Trinajstić information content (AvgIpc) is 2.79. The summed E-state index contributed by atoms with van der Waals surface area (Å²) >= 11 is 0. The van der Waals surface area contributed by atoms with E-state index in [4.69, 9.17) is 4.74 Å². The summed E-state index contributed by atoms with van der Waals surface area (Å²) in [4.78, 5) is 18.0. The molecule has 1 saturated heterocycles. The van der Waals surface area contributed by atoms with Crippen LogP contribution in [0.2, 0.25) is 0 Å². The third-order valence-corrected chi connectivity index (χ3v) is 6.03. The molecule has 1 saturated carbocycles. The number of para-hydroxylation sites is 1. The zero-order chi connectivity index (χ0) is 20.1. The van der Waals surface area contributed by atoms with Crippen LogP contribution in [0.4, 0.5) is 10.1 Å². The number of hydrogen-bond acceptors (Lipinski definition) is 3. The Bertz CT molecular complexity index is 812. The Balaban J connectivity index is 1.63. The Morgan fingerprint density at radius 1 is 1.00 bits per heavy atom. The first-order chi connectivity index (χ1) is 14.2. The number of halogens is 1. The van der Waals surface area contributed by atoms with Gasteiger partial charge in [0.1, 0.15) is 5.82 Å². The quantitative estimate of drug-likeness (QED) is 0.738. The Morgan fingerprint density at radius 3 is 2.41 bits per heavy atom. The van der Waals surface area contributed by atoms with Crippen molar-refractivity contribution in [3.05, 3.63) is 65.5 Å². The molecule has 4 rings (SSSR count). The van der Waals surface area contributed by atoms with Crippen LogP contribution in [0.5, 0.6) is 0 Å². The maximum Gasteiger partial charge on any atom is 0.256 e. The Hall–Kier alpha value is -2.40. The molecule has 0 atom stereocenters. The van der Waals surface area contributed by atoms with E-state index in [2.05, 4.69) is 4.90 Å². The summed E-state index contributed by atoms with van der Waals surface area (Å²) < 4.78 is 18.8. The molecular formula is C24H29FN2O2. The third-order valence-electron chi connectivity index (χ3n) is 6.03.